The van der Waals surface area contributed by atoms with Crippen LogP contribution in [0.3, 0.4) is 0 Å². The van der Waals surface area contributed by atoms with Crippen LogP contribution in [0.25, 0.3) is 0 Å². The molecule has 2 aliphatic carbocycles. The molecule has 0 amide bonds. The van der Waals surface area contributed by atoms with Crippen LogP contribution >= 0.6 is 0 Å². The minimum atomic E-state index is -0.404. The van der Waals surface area contributed by atoms with Crippen molar-refractivity contribution in [1.29, 1.82) is 0 Å². The summed E-state index contributed by atoms with van der Waals surface area (Å²) in [4.78, 5) is 12.5. The third-order valence-corrected chi connectivity index (χ3v) is 5.95. The number of hydrogen-bond acceptors (Lipinski definition) is 3. The molecule has 0 saturated heterocycles. The Labute approximate surface area is 130 Å². The Morgan fingerprint density at radius 3 is 2.29 bits per heavy atom. The molecular weight excluding hydrogens is 262 g/mol. The Hall–Kier alpha value is -0.570. The van der Waals surface area contributed by atoms with Crippen LogP contribution in [0.2, 0.25) is 0 Å². The van der Waals surface area contributed by atoms with Crippen molar-refractivity contribution in [3.8, 4) is 0 Å². The lowest BCUT2D eigenvalue weighted by Crippen LogP contribution is -2.56. The monoisotopic (exact) mass is 295 g/mol. The molecule has 2 aliphatic rings. The standard InChI is InChI=1S/C18H33NO2/c1-5-17(3,4)15-9-11-18(12-10-15,16(20)21-6-2)19-13-14-7-8-14/h14-15,19H,5-13H2,1-4H3. The van der Waals surface area contributed by atoms with Crippen LogP contribution in [0.5, 0.6) is 0 Å². The van der Waals surface area contributed by atoms with Crippen molar-refractivity contribution < 1.29 is 9.53 Å². The molecule has 2 saturated carbocycles. The number of nitrogens with one attached hydrogen (secondary N) is 1. The summed E-state index contributed by atoms with van der Waals surface area (Å²) in [5, 5.41) is 3.60. The normalized spacial score (nSPS) is 30.2. The predicted octanol–water partition coefficient (Wildman–Crippen LogP) is 3.91. The number of hydrogen-bond donors (Lipinski definition) is 1. The number of rotatable bonds is 7. The molecule has 0 radical (unpaired) electrons. The topological polar surface area (TPSA) is 38.3 Å². The van der Waals surface area contributed by atoms with E-state index in [1.54, 1.807) is 0 Å². The maximum absolute atomic E-state index is 12.5. The lowest BCUT2D eigenvalue weighted by Gasteiger charge is -2.44. The van der Waals surface area contributed by atoms with E-state index in [4.69, 9.17) is 4.74 Å². The molecule has 0 aromatic rings. The average Bonchev–Trinajstić information content (AvgIpc) is 3.30. The van der Waals surface area contributed by atoms with Gasteiger partial charge in [-0.15, -0.1) is 0 Å². The maximum Gasteiger partial charge on any atom is 0.326 e. The lowest BCUT2D eigenvalue weighted by atomic mass is 9.65. The Bertz CT molecular complexity index is 352. The number of esters is 1. The van der Waals surface area contributed by atoms with Gasteiger partial charge in [0.2, 0.25) is 0 Å². The number of ether oxygens (including phenoxy) is 1. The molecule has 0 heterocycles. The Morgan fingerprint density at radius 2 is 1.81 bits per heavy atom. The van der Waals surface area contributed by atoms with Gasteiger partial charge >= 0.3 is 5.97 Å². The summed E-state index contributed by atoms with van der Waals surface area (Å²) in [5.74, 6) is 1.51. The fourth-order valence-electron chi connectivity index (χ4n) is 3.56. The van der Waals surface area contributed by atoms with Gasteiger partial charge < -0.3 is 10.1 Å². The summed E-state index contributed by atoms with van der Waals surface area (Å²) < 4.78 is 5.38. The molecule has 2 rings (SSSR count). The number of carbonyl (C=O) groups excluding carboxylic acids is 1. The fraction of sp³-hybridized carbons (Fsp3) is 0.944. The van der Waals surface area contributed by atoms with E-state index in [9.17, 15) is 4.79 Å². The van der Waals surface area contributed by atoms with Crippen LogP contribution in [0.1, 0.15) is 72.6 Å². The van der Waals surface area contributed by atoms with Crippen LogP contribution in [0.15, 0.2) is 0 Å². The average molecular weight is 295 g/mol. The zero-order chi connectivity index (χ0) is 15.5. The highest BCUT2D eigenvalue weighted by molar-refractivity contribution is 5.81. The largest absolute Gasteiger partial charge is 0.465 e. The van der Waals surface area contributed by atoms with E-state index in [1.165, 1.54) is 19.3 Å². The second-order valence-electron chi connectivity index (χ2n) is 7.74. The lowest BCUT2D eigenvalue weighted by molar-refractivity contribution is -0.153. The molecule has 1 N–H and O–H groups in total. The summed E-state index contributed by atoms with van der Waals surface area (Å²) >= 11 is 0. The highest BCUT2D eigenvalue weighted by Gasteiger charge is 2.45. The van der Waals surface area contributed by atoms with Gasteiger partial charge in [-0.3, -0.25) is 4.79 Å². The van der Waals surface area contributed by atoms with Gasteiger partial charge in [0.25, 0.3) is 0 Å². The Kier molecular flexibility index (Phi) is 5.34. The SMILES string of the molecule is CCOC(=O)C1(NCC2CC2)CCC(C(C)(C)CC)CC1. The quantitative estimate of drug-likeness (QED) is 0.724. The van der Waals surface area contributed by atoms with Gasteiger partial charge in [-0.25, -0.2) is 0 Å². The van der Waals surface area contributed by atoms with Crippen molar-refractivity contribution >= 4 is 5.97 Å². The van der Waals surface area contributed by atoms with Gasteiger partial charge in [0, 0.05) is 0 Å². The van der Waals surface area contributed by atoms with E-state index in [1.807, 2.05) is 6.92 Å². The minimum absolute atomic E-state index is 0.0154. The molecule has 122 valence electrons. The summed E-state index contributed by atoms with van der Waals surface area (Å²) in [6.07, 6.45) is 7.99. The fourth-order valence-corrected chi connectivity index (χ4v) is 3.56. The zero-order valence-corrected chi connectivity index (χ0v) is 14.3. The minimum Gasteiger partial charge on any atom is -0.465 e. The first kappa shape index (κ1) is 16.8. The smallest absolute Gasteiger partial charge is 0.326 e. The molecular formula is C18H33NO2. The molecule has 0 aromatic carbocycles. The first-order valence-electron chi connectivity index (χ1n) is 8.86. The molecule has 2 fully saturated rings. The molecule has 0 aromatic heterocycles. The molecule has 3 nitrogen and oxygen atoms in total. The Balaban J connectivity index is 1.99. The van der Waals surface area contributed by atoms with Gasteiger partial charge in [-0.1, -0.05) is 27.2 Å². The molecule has 0 aliphatic heterocycles. The van der Waals surface area contributed by atoms with E-state index in [0.717, 1.165) is 44.1 Å². The van der Waals surface area contributed by atoms with Crippen molar-refractivity contribution in [2.75, 3.05) is 13.2 Å². The first-order valence-corrected chi connectivity index (χ1v) is 8.86. The van der Waals surface area contributed by atoms with Crippen LogP contribution in [0, 0.1) is 17.3 Å². The van der Waals surface area contributed by atoms with E-state index in [2.05, 4.69) is 26.1 Å². The Morgan fingerprint density at radius 1 is 1.19 bits per heavy atom. The van der Waals surface area contributed by atoms with Crippen molar-refractivity contribution in [2.45, 2.75) is 78.2 Å². The molecule has 0 unspecified atom stereocenters. The first-order chi connectivity index (χ1) is 9.93. The van der Waals surface area contributed by atoms with E-state index < -0.39 is 5.54 Å². The van der Waals surface area contributed by atoms with Gasteiger partial charge in [0.15, 0.2) is 0 Å². The second-order valence-corrected chi connectivity index (χ2v) is 7.74. The molecule has 3 heteroatoms. The van der Waals surface area contributed by atoms with E-state index in [0.29, 0.717) is 12.0 Å². The number of carbonyl (C=O) groups is 1. The third-order valence-electron chi connectivity index (χ3n) is 5.95. The highest BCUT2D eigenvalue weighted by atomic mass is 16.5. The highest BCUT2D eigenvalue weighted by Crippen LogP contribution is 2.44. The summed E-state index contributed by atoms with van der Waals surface area (Å²) in [5.41, 5.74) is -0.0176. The zero-order valence-electron chi connectivity index (χ0n) is 14.3. The van der Waals surface area contributed by atoms with E-state index in [-0.39, 0.29) is 5.97 Å². The van der Waals surface area contributed by atoms with Gasteiger partial charge in [0.1, 0.15) is 5.54 Å². The summed E-state index contributed by atoms with van der Waals surface area (Å²) in [6, 6.07) is 0. The third kappa shape index (κ3) is 4.00. The van der Waals surface area contributed by atoms with Gasteiger partial charge in [-0.05, 0) is 69.2 Å². The second kappa shape index (κ2) is 6.68. The maximum atomic E-state index is 12.5. The van der Waals surface area contributed by atoms with Crippen LogP contribution in [-0.2, 0) is 9.53 Å². The molecule has 0 atom stereocenters. The van der Waals surface area contributed by atoms with Crippen LogP contribution < -0.4 is 5.32 Å². The van der Waals surface area contributed by atoms with E-state index >= 15 is 0 Å². The molecule has 0 spiro atoms. The van der Waals surface area contributed by atoms with Crippen molar-refractivity contribution in [3.63, 3.8) is 0 Å². The van der Waals surface area contributed by atoms with Crippen molar-refractivity contribution in [2.24, 2.45) is 17.3 Å². The van der Waals surface area contributed by atoms with Crippen LogP contribution in [0.4, 0.5) is 0 Å². The van der Waals surface area contributed by atoms with Gasteiger partial charge in [0.05, 0.1) is 6.61 Å². The van der Waals surface area contributed by atoms with Gasteiger partial charge in [-0.2, -0.15) is 0 Å². The van der Waals surface area contributed by atoms with Crippen molar-refractivity contribution in [3.05, 3.63) is 0 Å². The van der Waals surface area contributed by atoms with Crippen molar-refractivity contribution in [1.82, 2.24) is 5.32 Å². The predicted molar refractivity (Wildman–Crippen MR) is 86.1 cm³/mol. The molecule has 21 heavy (non-hydrogen) atoms. The summed E-state index contributed by atoms with van der Waals surface area (Å²) in [6.45, 7) is 10.4. The summed E-state index contributed by atoms with van der Waals surface area (Å²) in [7, 11) is 0. The molecule has 0 bridgehead atoms. The van der Waals surface area contributed by atoms with Crippen LogP contribution in [-0.4, -0.2) is 24.7 Å².